The van der Waals surface area contributed by atoms with E-state index in [1.165, 1.54) is 0 Å². The Bertz CT molecular complexity index is 563. The summed E-state index contributed by atoms with van der Waals surface area (Å²) in [5.41, 5.74) is 0.631. The average Bonchev–Trinajstić information content (AvgIpc) is 3.16. The van der Waals surface area contributed by atoms with Crippen LogP contribution in [-0.4, -0.2) is 57.1 Å². The van der Waals surface area contributed by atoms with Crippen molar-refractivity contribution in [1.29, 1.82) is 0 Å². The van der Waals surface area contributed by atoms with Crippen molar-refractivity contribution in [1.82, 2.24) is 4.90 Å². The fourth-order valence-corrected chi connectivity index (χ4v) is 3.28. The summed E-state index contributed by atoms with van der Waals surface area (Å²) in [6.45, 7) is 5.24. The first-order valence-corrected chi connectivity index (χ1v) is 8.56. The molecule has 0 saturated carbocycles. The van der Waals surface area contributed by atoms with E-state index in [4.69, 9.17) is 18.9 Å². The molecule has 24 heavy (non-hydrogen) atoms. The van der Waals surface area contributed by atoms with Crippen molar-refractivity contribution >= 4 is 5.91 Å². The predicted octanol–water partition coefficient (Wildman–Crippen LogP) is 2.32. The van der Waals surface area contributed by atoms with Gasteiger partial charge in [0.15, 0.2) is 17.8 Å². The van der Waals surface area contributed by atoms with Gasteiger partial charge in [0.2, 0.25) is 0 Å². The third-order valence-electron chi connectivity index (χ3n) is 4.57. The standard InChI is InChI=1S/C18H25NO5/c1-3-22-16-12-14(4-5-15(16)21-2)17(20)19-8-6-13(7-9-19)18-23-10-11-24-18/h4-5,12-13,18H,3,6-11H2,1-2H3. The number of carbonyl (C=O) groups is 1. The Hall–Kier alpha value is -1.79. The third kappa shape index (κ3) is 3.65. The molecule has 1 amide bonds. The second kappa shape index (κ2) is 7.85. The van der Waals surface area contributed by atoms with Gasteiger partial charge >= 0.3 is 0 Å². The second-order valence-electron chi connectivity index (χ2n) is 6.04. The Labute approximate surface area is 142 Å². The van der Waals surface area contributed by atoms with Crippen LogP contribution in [0.4, 0.5) is 0 Å². The molecule has 0 bridgehead atoms. The molecule has 0 atom stereocenters. The first-order valence-electron chi connectivity index (χ1n) is 8.56. The maximum atomic E-state index is 12.8. The van der Waals surface area contributed by atoms with Crippen LogP contribution in [0.3, 0.4) is 0 Å². The smallest absolute Gasteiger partial charge is 0.253 e. The molecular weight excluding hydrogens is 310 g/mol. The minimum atomic E-state index is -0.0900. The Morgan fingerprint density at radius 3 is 2.54 bits per heavy atom. The van der Waals surface area contributed by atoms with E-state index < -0.39 is 0 Å². The lowest BCUT2D eigenvalue weighted by Crippen LogP contribution is -2.41. The van der Waals surface area contributed by atoms with Crippen molar-refractivity contribution in [2.75, 3.05) is 40.0 Å². The van der Waals surface area contributed by atoms with Crippen LogP contribution in [-0.2, 0) is 9.47 Å². The Morgan fingerprint density at radius 2 is 1.92 bits per heavy atom. The van der Waals surface area contributed by atoms with Crippen molar-refractivity contribution in [2.45, 2.75) is 26.1 Å². The highest BCUT2D eigenvalue weighted by Gasteiger charge is 2.32. The highest BCUT2D eigenvalue weighted by molar-refractivity contribution is 5.95. The first-order chi connectivity index (χ1) is 11.7. The van der Waals surface area contributed by atoms with Crippen LogP contribution in [0.15, 0.2) is 18.2 Å². The van der Waals surface area contributed by atoms with E-state index in [9.17, 15) is 4.79 Å². The van der Waals surface area contributed by atoms with Gasteiger partial charge in [-0.1, -0.05) is 0 Å². The van der Waals surface area contributed by atoms with Gasteiger partial charge in [0.05, 0.1) is 26.9 Å². The SMILES string of the molecule is CCOc1cc(C(=O)N2CCC(C3OCCO3)CC2)ccc1OC. The maximum absolute atomic E-state index is 12.8. The molecule has 1 aromatic rings. The molecule has 2 saturated heterocycles. The number of amides is 1. The quantitative estimate of drug-likeness (QED) is 0.826. The summed E-state index contributed by atoms with van der Waals surface area (Å²) in [5.74, 6) is 1.66. The number of hydrogen-bond donors (Lipinski definition) is 0. The van der Waals surface area contributed by atoms with E-state index in [2.05, 4.69) is 0 Å². The average molecular weight is 335 g/mol. The molecule has 0 spiro atoms. The molecule has 1 aromatic carbocycles. The van der Waals surface area contributed by atoms with E-state index in [1.807, 2.05) is 11.8 Å². The molecule has 6 nitrogen and oxygen atoms in total. The molecule has 6 heteroatoms. The monoisotopic (exact) mass is 335 g/mol. The van der Waals surface area contributed by atoms with Crippen molar-refractivity contribution in [3.8, 4) is 11.5 Å². The number of nitrogens with zero attached hydrogens (tertiary/aromatic N) is 1. The lowest BCUT2D eigenvalue weighted by atomic mass is 9.95. The Balaban J connectivity index is 1.63. The van der Waals surface area contributed by atoms with Gasteiger partial charge < -0.3 is 23.8 Å². The lowest BCUT2D eigenvalue weighted by Gasteiger charge is -2.34. The molecule has 2 aliphatic heterocycles. The Kier molecular flexibility index (Phi) is 5.58. The molecule has 3 rings (SSSR count). The van der Waals surface area contributed by atoms with Crippen molar-refractivity contribution < 1.29 is 23.7 Å². The molecule has 0 unspecified atom stereocenters. The fraction of sp³-hybridized carbons (Fsp3) is 0.611. The van der Waals surface area contributed by atoms with Gasteiger partial charge in [0.25, 0.3) is 5.91 Å². The molecule has 132 valence electrons. The van der Waals surface area contributed by atoms with E-state index in [0.717, 1.165) is 25.9 Å². The van der Waals surface area contributed by atoms with Crippen molar-refractivity contribution in [3.05, 3.63) is 23.8 Å². The number of piperidine rings is 1. The minimum Gasteiger partial charge on any atom is -0.493 e. The van der Waals surface area contributed by atoms with Crippen LogP contribution >= 0.6 is 0 Å². The zero-order valence-electron chi connectivity index (χ0n) is 14.3. The van der Waals surface area contributed by atoms with Crippen LogP contribution in [0, 0.1) is 5.92 Å². The van der Waals surface area contributed by atoms with Gasteiger partial charge in [-0.3, -0.25) is 4.79 Å². The van der Waals surface area contributed by atoms with Crippen LogP contribution in [0.25, 0.3) is 0 Å². The summed E-state index contributed by atoms with van der Waals surface area (Å²) >= 11 is 0. The first kappa shape index (κ1) is 17.0. The van der Waals surface area contributed by atoms with Gasteiger partial charge in [-0.2, -0.15) is 0 Å². The van der Waals surface area contributed by atoms with Gasteiger partial charge in [-0.05, 0) is 38.0 Å². The van der Waals surface area contributed by atoms with Crippen LogP contribution in [0.1, 0.15) is 30.1 Å². The number of ether oxygens (including phenoxy) is 4. The lowest BCUT2D eigenvalue weighted by molar-refractivity contribution is -0.0956. The molecule has 0 aromatic heterocycles. The summed E-state index contributed by atoms with van der Waals surface area (Å²) < 4.78 is 22.0. The maximum Gasteiger partial charge on any atom is 0.253 e. The molecular formula is C18H25NO5. The highest BCUT2D eigenvalue weighted by Crippen LogP contribution is 2.30. The summed E-state index contributed by atoms with van der Waals surface area (Å²) in [5, 5.41) is 0. The van der Waals surface area contributed by atoms with E-state index in [1.54, 1.807) is 25.3 Å². The highest BCUT2D eigenvalue weighted by atomic mass is 16.7. The number of methoxy groups -OCH3 is 1. The number of hydrogen-bond acceptors (Lipinski definition) is 5. The van der Waals surface area contributed by atoms with E-state index in [0.29, 0.717) is 42.8 Å². The normalized spacial score (nSPS) is 19.5. The second-order valence-corrected chi connectivity index (χ2v) is 6.04. The molecule has 0 radical (unpaired) electrons. The minimum absolute atomic E-state index is 0.0327. The molecule has 2 aliphatic rings. The van der Waals surface area contributed by atoms with Crippen molar-refractivity contribution in [3.63, 3.8) is 0 Å². The summed E-state index contributed by atoms with van der Waals surface area (Å²) in [6, 6.07) is 5.34. The number of rotatable bonds is 5. The third-order valence-corrected chi connectivity index (χ3v) is 4.57. The fourth-order valence-electron chi connectivity index (χ4n) is 3.28. The summed E-state index contributed by atoms with van der Waals surface area (Å²) in [4.78, 5) is 14.6. The largest absolute Gasteiger partial charge is 0.493 e. The van der Waals surface area contributed by atoms with Crippen molar-refractivity contribution in [2.24, 2.45) is 5.92 Å². The summed E-state index contributed by atoms with van der Waals surface area (Å²) in [7, 11) is 1.59. The van der Waals surface area contributed by atoms with E-state index in [-0.39, 0.29) is 12.2 Å². The predicted molar refractivity (Wildman–Crippen MR) is 88.5 cm³/mol. The molecule has 2 fully saturated rings. The zero-order chi connectivity index (χ0) is 16.9. The molecule has 0 N–H and O–H groups in total. The van der Waals surface area contributed by atoms with Gasteiger partial charge in [-0.15, -0.1) is 0 Å². The Morgan fingerprint density at radius 1 is 1.21 bits per heavy atom. The van der Waals surface area contributed by atoms with Gasteiger partial charge in [0, 0.05) is 24.6 Å². The van der Waals surface area contributed by atoms with Gasteiger partial charge in [0.1, 0.15) is 0 Å². The summed E-state index contributed by atoms with van der Waals surface area (Å²) in [6.07, 6.45) is 1.73. The number of likely N-dealkylation sites (tertiary alicyclic amines) is 1. The molecule has 0 aliphatic carbocycles. The van der Waals surface area contributed by atoms with E-state index >= 15 is 0 Å². The number of benzene rings is 1. The van der Waals surface area contributed by atoms with Crippen LogP contribution in [0.2, 0.25) is 0 Å². The zero-order valence-corrected chi connectivity index (χ0v) is 14.3. The number of carbonyl (C=O) groups excluding carboxylic acids is 1. The van der Waals surface area contributed by atoms with Gasteiger partial charge in [-0.25, -0.2) is 0 Å². The molecule has 2 heterocycles. The van der Waals surface area contributed by atoms with Crippen LogP contribution < -0.4 is 9.47 Å². The topological polar surface area (TPSA) is 57.2 Å². The van der Waals surface area contributed by atoms with Crippen LogP contribution in [0.5, 0.6) is 11.5 Å².